The highest BCUT2D eigenvalue weighted by atomic mass is 32.2. The number of hydrogen-bond donors (Lipinski definition) is 1. The number of thioether (sulfide) groups is 1. The van der Waals surface area contributed by atoms with E-state index in [1.54, 1.807) is 0 Å². The van der Waals surface area contributed by atoms with Crippen LogP contribution < -0.4 is 5.73 Å². The summed E-state index contributed by atoms with van der Waals surface area (Å²) in [5.74, 6) is 0.520. The van der Waals surface area contributed by atoms with Crippen molar-refractivity contribution in [2.75, 3.05) is 12.3 Å². The highest BCUT2D eigenvalue weighted by Gasteiger charge is 2.32. The number of alkyl halides is 3. The Morgan fingerprint density at radius 3 is 2.53 bits per heavy atom. The molecule has 3 N–H and O–H groups in total. The second-order valence-electron chi connectivity index (χ2n) is 3.14. The summed E-state index contributed by atoms with van der Waals surface area (Å²) in [7, 11) is 0. The second kappa shape index (κ2) is 5.37. The normalized spacial score (nSPS) is 11.5. The monoisotopic (exact) mass is 267 g/mol. The maximum Gasteiger partial charge on any atom is 0.416 e. The van der Waals surface area contributed by atoms with E-state index in [0.717, 1.165) is 23.9 Å². The van der Waals surface area contributed by atoms with E-state index in [0.29, 0.717) is 18.4 Å². The number of nitro benzene ring substituents is 1. The zero-order valence-corrected chi connectivity index (χ0v) is 9.48. The molecule has 0 heterocycles. The van der Waals surface area contributed by atoms with Gasteiger partial charge in [0.15, 0.2) is 0 Å². The number of halogens is 3. The lowest BCUT2D eigenvalue weighted by Gasteiger charge is -2.08. The van der Waals surface area contributed by atoms with E-state index in [1.807, 2.05) is 0 Å². The van der Waals surface area contributed by atoms with E-state index >= 15 is 0 Å². The quantitative estimate of drug-likeness (QED) is 0.515. The van der Waals surface area contributed by atoms with Crippen molar-refractivity contribution in [3.8, 4) is 0 Å². The van der Waals surface area contributed by atoms with Crippen LogP contribution in [-0.4, -0.2) is 17.2 Å². The molecule has 0 aliphatic carbocycles. The van der Waals surface area contributed by atoms with Gasteiger partial charge in [0.1, 0.15) is 0 Å². The summed E-state index contributed by atoms with van der Waals surface area (Å²) < 4.78 is 37.1. The summed E-state index contributed by atoms with van der Waals surface area (Å²) in [6.07, 6.45) is -4.57. The van der Waals surface area contributed by atoms with Crippen molar-refractivity contribution in [1.29, 1.82) is 0 Å². The van der Waals surface area contributed by atoms with Crippen molar-refractivity contribution in [3.05, 3.63) is 33.9 Å². The van der Waals surface area contributed by atoms with E-state index in [2.05, 4.69) is 5.73 Å². The van der Waals surface area contributed by atoms with E-state index in [1.165, 1.54) is 0 Å². The molecule has 0 atom stereocenters. The summed E-state index contributed by atoms with van der Waals surface area (Å²) in [4.78, 5) is 10.1. The van der Waals surface area contributed by atoms with Gasteiger partial charge < -0.3 is 5.73 Å². The van der Waals surface area contributed by atoms with Crippen molar-refractivity contribution in [1.82, 2.24) is 0 Å². The van der Waals surface area contributed by atoms with Crippen LogP contribution in [0.1, 0.15) is 5.56 Å². The molecule has 17 heavy (non-hydrogen) atoms. The Kier molecular flexibility index (Phi) is 4.35. The van der Waals surface area contributed by atoms with Gasteiger partial charge in [-0.05, 0) is 12.1 Å². The Labute approximate surface area is 99.1 Å². The van der Waals surface area contributed by atoms with E-state index < -0.39 is 22.4 Å². The maximum atomic E-state index is 12.4. The molecule has 0 amide bonds. The van der Waals surface area contributed by atoms with E-state index in [4.69, 9.17) is 0 Å². The van der Waals surface area contributed by atoms with Crippen LogP contribution in [0.4, 0.5) is 18.9 Å². The lowest BCUT2D eigenvalue weighted by molar-refractivity contribution is -0.388. The predicted octanol–water partition coefficient (Wildman–Crippen LogP) is 1.95. The fourth-order valence-electron chi connectivity index (χ4n) is 1.14. The van der Waals surface area contributed by atoms with Crippen LogP contribution in [0.15, 0.2) is 23.1 Å². The van der Waals surface area contributed by atoms with Crippen LogP contribution >= 0.6 is 11.8 Å². The first-order valence-electron chi connectivity index (χ1n) is 4.64. The highest BCUT2D eigenvalue weighted by Crippen LogP contribution is 2.36. The minimum Gasteiger partial charge on any atom is -0.357 e. The molecule has 0 aromatic heterocycles. The summed E-state index contributed by atoms with van der Waals surface area (Å²) in [6.45, 7) is 0.544. The van der Waals surface area contributed by atoms with Gasteiger partial charge in [0.2, 0.25) is 0 Å². The maximum absolute atomic E-state index is 12.4. The van der Waals surface area contributed by atoms with Gasteiger partial charge in [-0.25, -0.2) is 0 Å². The smallest absolute Gasteiger partial charge is 0.357 e. The van der Waals surface area contributed by atoms with Crippen molar-refractivity contribution < 1.29 is 23.8 Å². The minimum absolute atomic E-state index is 0.228. The molecule has 0 aliphatic heterocycles. The molecule has 1 aromatic carbocycles. The van der Waals surface area contributed by atoms with Gasteiger partial charge in [0.05, 0.1) is 21.9 Å². The third kappa shape index (κ3) is 3.60. The van der Waals surface area contributed by atoms with Gasteiger partial charge in [-0.2, -0.15) is 13.2 Å². The third-order valence-electron chi connectivity index (χ3n) is 1.88. The molecule has 0 radical (unpaired) electrons. The minimum atomic E-state index is -4.57. The van der Waals surface area contributed by atoms with Gasteiger partial charge in [-0.15, -0.1) is 11.8 Å². The number of benzene rings is 1. The number of nitro groups is 1. The average Bonchev–Trinajstić information content (AvgIpc) is 2.24. The van der Waals surface area contributed by atoms with E-state index in [9.17, 15) is 23.3 Å². The van der Waals surface area contributed by atoms with Crippen LogP contribution in [-0.2, 0) is 6.18 Å². The molecule has 4 nitrogen and oxygen atoms in total. The van der Waals surface area contributed by atoms with E-state index in [-0.39, 0.29) is 4.90 Å². The molecule has 0 aliphatic rings. The number of hydrogen-bond acceptors (Lipinski definition) is 3. The fraction of sp³-hybridized carbons (Fsp3) is 0.333. The number of nitrogens with zero attached hydrogens (tertiary/aromatic N) is 1. The Morgan fingerprint density at radius 1 is 1.41 bits per heavy atom. The summed E-state index contributed by atoms with van der Waals surface area (Å²) in [5, 5.41) is 10.7. The Bertz CT molecular complexity index is 423. The zero-order chi connectivity index (χ0) is 13.1. The van der Waals surface area contributed by atoms with Crippen LogP contribution in [0.2, 0.25) is 0 Å². The Balaban J connectivity index is 3.13. The first kappa shape index (κ1) is 13.8. The summed E-state index contributed by atoms with van der Waals surface area (Å²) in [5.41, 5.74) is 2.03. The molecular weight excluding hydrogens is 257 g/mol. The zero-order valence-electron chi connectivity index (χ0n) is 8.66. The first-order chi connectivity index (χ1) is 7.86. The van der Waals surface area contributed by atoms with Crippen molar-refractivity contribution in [2.24, 2.45) is 0 Å². The summed E-state index contributed by atoms with van der Waals surface area (Å²) >= 11 is 1.12. The van der Waals surface area contributed by atoms with Gasteiger partial charge in [-0.1, -0.05) is 0 Å². The first-order valence-corrected chi connectivity index (χ1v) is 5.62. The van der Waals surface area contributed by atoms with Crippen molar-refractivity contribution >= 4 is 17.4 Å². The summed E-state index contributed by atoms with van der Waals surface area (Å²) in [6, 6.07) is 2.53. The van der Waals surface area contributed by atoms with Crippen molar-refractivity contribution in [2.45, 2.75) is 11.1 Å². The molecule has 94 valence electrons. The average molecular weight is 267 g/mol. The van der Waals surface area contributed by atoms with Gasteiger partial charge in [-0.3, -0.25) is 10.1 Å². The van der Waals surface area contributed by atoms with Gasteiger partial charge in [0.25, 0.3) is 5.69 Å². The largest absolute Gasteiger partial charge is 0.416 e. The molecule has 0 fully saturated rings. The Morgan fingerprint density at radius 2 is 2.06 bits per heavy atom. The second-order valence-corrected chi connectivity index (χ2v) is 4.28. The topological polar surface area (TPSA) is 70.8 Å². The van der Waals surface area contributed by atoms with Crippen LogP contribution in [0.5, 0.6) is 0 Å². The predicted molar refractivity (Wildman–Crippen MR) is 56.6 cm³/mol. The highest BCUT2D eigenvalue weighted by molar-refractivity contribution is 7.99. The third-order valence-corrected chi connectivity index (χ3v) is 3.03. The molecular formula is C9H10F3N2O2S+. The van der Waals surface area contributed by atoms with Crippen LogP contribution in [0, 0.1) is 10.1 Å². The van der Waals surface area contributed by atoms with Crippen LogP contribution in [0.3, 0.4) is 0 Å². The lowest BCUT2D eigenvalue weighted by atomic mass is 10.2. The van der Waals surface area contributed by atoms with Crippen molar-refractivity contribution in [3.63, 3.8) is 0 Å². The van der Waals surface area contributed by atoms with Crippen LogP contribution in [0.25, 0.3) is 0 Å². The number of rotatable bonds is 4. The molecule has 0 spiro atoms. The molecule has 0 saturated carbocycles. The van der Waals surface area contributed by atoms with Gasteiger partial charge in [0, 0.05) is 11.8 Å². The standard InChI is InChI=1S/C9H9F3N2O2S/c10-9(11,12)6-1-2-8(17-4-3-13)7(5-6)14(15)16/h1-2,5H,3-4,13H2/p+1. The molecule has 0 bridgehead atoms. The SMILES string of the molecule is [NH3+]CCSc1ccc(C(F)(F)F)cc1[N+](=O)[O-]. The fourth-order valence-corrected chi connectivity index (χ4v) is 1.95. The molecule has 0 saturated heterocycles. The lowest BCUT2D eigenvalue weighted by Crippen LogP contribution is -2.51. The Hall–Kier alpha value is -1.28. The molecule has 1 aromatic rings. The number of quaternary nitrogens is 1. The molecule has 1 rings (SSSR count). The molecule has 8 heteroatoms. The van der Waals surface area contributed by atoms with Gasteiger partial charge >= 0.3 is 6.18 Å². The molecule has 0 unspecified atom stereocenters.